The topological polar surface area (TPSA) is 29.1 Å². The van der Waals surface area contributed by atoms with Crippen LogP contribution in [0.15, 0.2) is 18.2 Å². The Morgan fingerprint density at radius 3 is 2.73 bits per heavy atom. The number of aryl methyl sites for hydroxylation is 2. The van der Waals surface area contributed by atoms with Crippen molar-refractivity contribution >= 4 is 17.5 Å². The molecule has 2 nitrogen and oxygen atoms in total. The van der Waals surface area contributed by atoms with Crippen LogP contribution in [-0.4, -0.2) is 11.5 Å². The van der Waals surface area contributed by atoms with Crippen LogP contribution in [0.25, 0.3) is 0 Å². The molecule has 1 unspecified atom stereocenters. The van der Waals surface area contributed by atoms with Gasteiger partial charge in [-0.05, 0) is 25.0 Å². The number of benzene rings is 1. The van der Waals surface area contributed by atoms with E-state index in [9.17, 15) is 9.18 Å². The molecule has 0 saturated carbocycles. The smallest absolute Gasteiger partial charge is 0.270 e. The number of hydrogen-bond donors (Lipinski definition) is 1. The molecule has 0 aliphatic carbocycles. The summed E-state index contributed by atoms with van der Waals surface area (Å²) < 4.78 is 12.3. The minimum absolute atomic E-state index is 0.304. The second-order valence-electron chi connectivity index (χ2n) is 3.45. The molecular formula is C11H13ClFNO. The zero-order valence-electron chi connectivity index (χ0n) is 8.68. The zero-order valence-corrected chi connectivity index (χ0v) is 9.44. The van der Waals surface area contributed by atoms with Gasteiger partial charge in [0.25, 0.3) is 11.5 Å². The molecule has 0 radical (unpaired) electrons. The Morgan fingerprint density at radius 1 is 1.53 bits per heavy atom. The van der Waals surface area contributed by atoms with Gasteiger partial charge in [-0.15, -0.1) is 0 Å². The molecule has 1 aromatic carbocycles. The molecule has 15 heavy (non-hydrogen) atoms. The lowest BCUT2D eigenvalue weighted by Gasteiger charge is -2.08. The molecule has 0 bridgehead atoms. The van der Waals surface area contributed by atoms with Gasteiger partial charge in [0.15, 0.2) is 0 Å². The molecule has 1 N–H and O–H groups in total. The van der Waals surface area contributed by atoms with E-state index >= 15 is 0 Å². The molecule has 1 amide bonds. The number of halogens is 2. The van der Waals surface area contributed by atoms with Crippen molar-refractivity contribution in [2.75, 3.05) is 0 Å². The maximum absolute atomic E-state index is 12.3. The van der Waals surface area contributed by atoms with Gasteiger partial charge >= 0.3 is 0 Å². The van der Waals surface area contributed by atoms with Crippen molar-refractivity contribution in [1.29, 1.82) is 0 Å². The minimum Gasteiger partial charge on any atom is -0.348 e. The van der Waals surface area contributed by atoms with Crippen molar-refractivity contribution in [1.82, 2.24) is 5.32 Å². The Labute approximate surface area is 93.4 Å². The number of hydrogen-bond acceptors (Lipinski definition) is 1. The van der Waals surface area contributed by atoms with Crippen LogP contribution < -0.4 is 5.32 Å². The van der Waals surface area contributed by atoms with Gasteiger partial charge < -0.3 is 5.32 Å². The third kappa shape index (κ3) is 3.51. The molecule has 4 heteroatoms. The first kappa shape index (κ1) is 12.0. The van der Waals surface area contributed by atoms with Crippen molar-refractivity contribution in [3.8, 4) is 0 Å². The van der Waals surface area contributed by atoms with E-state index in [1.165, 1.54) is 0 Å². The van der Waals surface area contributed by atoms with Gasteiger partial charge in [-0.25, -0.2) is 4.39 Å². The largest absolute Gasteiger partial charge is 0.348 e. The van der Waals surface area contributed by atoms with E-state index in [0.717, 1.165) is 16.7 Å². The van der Waals surface area contributed by atoms with Crippen molar-refractivity contribution in [3.05, 3.63) is 34.9 Å². The molecule has 1 atom stereocenters. The second kappa shape index (κ2) is 5.12. The first-order chi connectivity index (χ1) is 7.00. The highest BCUT2D eigenvalue weighted by atomic mass is 35.5. The highest BCUT2D eigenvalue weighted by molar-refractivity contribution is 6.29. The zero-order chi connectivity index (χ0) is 11.4. The predicted molar refractivity (Wildman–Crippen MR) is 58.5 cm³/mol. The number of carbonyl (C=O) groups excluding carboxylic acids is 1. The standard InChI is InChI=1S/C11H13ClFNO/c1-7-3-4-9(8(2)5-7)6-14-11(15)10(12)13/h3-5,10H,6H2,1-2H3,(H,14,15). The molecule has 0 fully saturated rings. The fraction of sp³-hybridized carbons (Fsp3) is 0.364. The monoisotopic (exact) mass is 229 g/mol. The Balaban J connectivity index is 2.62. The molecule has 0 aliphatic heterocycles. The fourth-order valence-corrected chi connectivity index (χ4v) is 1.38. The van der Waals surface area contributed by atoms with Crippen molar-refractivity contribution in [2.24, 2.45) is 0 Å². The quantitative estimate of drug-likeness (QED) is 0.793. The van der Waals surface area contributed by atoms with Gasteiger partial charge in [0.2, 0.25) is 0 Å². The molecule has 1 aromatic rings. The number of carbonyl (C=O) groups is 1. The summed E-state index contributed by atoms with van der Waals surface area (Å²) in [5.74, 6) is -0.795. The van der Waals surface area contributed by atoms with E-state index in [2.05, 4.69) is 5.32 Å². The summed E-state index contributed by atoms with van der Waals surface area (Å²) in [5, 5.41) is 2.41. The second-order valence-corrected chi connectivity index (χ2v) is 3.83. The van der Waals surface area contributed by atoms with Gasteiger partial charge in [0, 0.05) is 6.54 Å². The third-order valence-corrected chi connectivity index (χ3v) is 2.35. The lowest BCUT2D eigenvalue weighted by Crippen LogP contribution is -2.28. The maximum Gasteiger partial charge on any atom is 0.270 e. The summed E-state index contributed by atoms with van der Waals surface area (Å²) in [6.07, 6.45) is 0. The number of rotatable bonds is 3. The number of alkyl halides is 2. The third-order valence-electron chi connectivity index (χ3n) is 2.15. The van der Waals surface area contributed by atoms with Crippen molar-refractivity contribution in [3.63, 3.8) is 0 Å². The highest BCUT2D eigenvalue weighted by Crippen LogP contribution is 2.10. The minimum atomic E-state index is -1.98. The summed E-state index contributed by atoms with van der Waals surface area (Å²) in [6, 6.07) is 5.86. The summed E-state index contributed by atoms with van der Waals surface area (Å²) in [7, 11) is 0. The first-order valence-corrected chi connectivity index (χ1v) is 5.06. The van der Waals surface area contributed by atoms with Crippen LogP contribution in [0.3, 0.4) is 0 Å². The first-order valence-electron chi connectivity index (χ1n) is 4.62. The fourth-order valence-electron chi connectivity index (χ4n) is 1.30. The van der Waals surface area contributed by atoms with Crippen molar-refractivity contribution in [2.45, 2.75) is 26.0 Å². The average Bonchev–Trinajstić information content (AvgIpc) is 2.15. The Kier molecular flexibility index (Phi) is 4.09. The van der Waals surface area contributed by atoms with E-state index in [0.29, 0.717) is 6.54 Å². The molecule has 0 heterocycles. The van der Waals surface area contributed by atoms with Crippen LogP contribution in [0.5, 0.6) is 0 Å². The summed E-state index contributed by atoms with van der Waals surface area (Å²) >= 11 is 4.98. The molecule has 0 saturated heterocycles. The van der Waals surface area contributed by atoms with Crippen LogP contribution >= 0.6 is 11.6 Å². The Bertz CT molecular complexity index is 366. The molecule has 0 aliphatic rings. The van der Waals surface area contributed by atoms with Crippen LogP contribution in [0, 0.1) is 13.8 Å². The van der Waals surface area contributed by atoms with Gasteiger partial charge in [-0.2, -0.15) is 0 Å². The van der Waals surface area contributed by atoms with E-state index < -0.39 is 11.5 Å². The summed E-state index contributed by atoms with van der Waals surface area (Å²) in [4.78, 5) is 10.9. The van der Waals surface area contributed by atoms with Gasteiger partial charge in [0.1, 0.15) is 0 Å². The lowest BCUT2D eigenvalue weighted by molar-refractivity contribution is -0.123. The predicted octanol–water partition coefficient (Wildman–Crippen LogP) is 2.45. The molecular weight excluding hydrogens is 217 g/mol. The highest BCUT2D eigenvalue weighted by Gasteiger charge is 2.12. The van der Waals surface area contributed by atoms with Crippen molar-refractivity contribution < 1.29 is 9.18 Å². The van der Waals surface area contributed by atoms with Crippen LogP contribution in [-0.2, 0) is 11.3 Å². The molecule has 0 spiro atoms. The van der Waals surface area contributed by atoms with Gasteiger partial charge in [0.05, 0.1) is 0 Å². The lowest BCUT2D eigenvalue weighted by atomic mass is 10.1. The van der Waals surface area contributed by atoms with Crippen LogP contribution in [0.4, 0.5) is 4.39 Å². The SMILES string of the molecule is Cc1ccc(CNC(=O)C(F)Cl)c(C)c1. The average molecular weight is 230 g/mol. The molecule has 1 rings (SSSR count). The molecule has 0 aromatic heterocycles. The van der Waals surface area contributed by atoms with Gasteiger partial charge in [-0.3, -0.25) is 4.79 Å². The van der Waals surface area contributed by atoms with E-state index in [-0.39, 0.29) is 0 Å². The summed E-state index contributed by atoms with van der Waals surface area (Å²) in [5.41, 5.74) is 1.21. The van der Waals surface area contributed by atoms with Crippen LogP contribution in [0.2, 0.25) is 0 Å². The Hall–Kier alpha value is -1.09. The number of amides is 1. The molecule has 82 valence electrons. The Morgan fingerprint density at radius 2 is 2.20 bits per heavy atom. The normalized spacial score (nSPS) is 12.3. The van der Waals surface area contributed by atoms with E-state index in [4.69, 9.17) is 11.6 Å². The van der Waals surface area contributed by atoms with Crippen LogP contribution in [0.1, 0.15) is 16.7 Å². The van der Waals surface area contributed by atoms with Gasteiger partial charge in [-0.1, -0.05) is 35.4 Å². The maximum atomic E-state index is 12.3. The number of nitrogens with one attached hydrogen (secondary N) is 1. The van der Waals surface area contributed by atoms with E-state index in [1.54, 1.807) is 0 Å². The van der Waals surface area contributed by atoms with E-state index in [1.807, 2.05) is 32.0 Å². The summed E-state index contributed by atoms with van der Waals surface area (Å²) in [6.45, 7) is 4.24.